The molecule has 0 saturated heterocycles. The molecule has 2 N–H and O–H groups in total. The van der Waals surface area contributed by atoms with E-state index in [4.69, 9.17) is 4.74 Å². The highest BCUT2D eigenvalue weighted by molar-refractivity contribution is 5.99. The number of likely N-dealkylation sites (N-methyl/N-ethyl adjacent to an activating group) is 1. The number of hydrogen-bond donors (Lipinski definition) is 2. The second-order valence-electron chi connectivity index (χ2n) is 5.14. The molecule has 5 heteroatoms. The molecule has 0 aliphatic carbocycles. The third-order valence-electron chi connectivity index (χ3n) is 2.95. The van der Waals surface area contributed by atoms with Crippen LogP contribution >= 0.6 is 0 Å². The fourth-order valence-corrected chi connectivity index (χ4v) is 1.78. The number of carbonyl (C=O) groups excluding carboxylic acids is 1. The number of ether oxygens (including phenoxy) is 1. The maximum absolute atomic E-state index is 12.2. The van der Waals surface area contributed by atoms with Crippen LogP contribution in [0.25, 0.3) is 0 Å². The van der Waals surface area contributed by atoms with Crippen molar-refractivity contribution in [1.82, 2.24) is 10.2 Å². The normalized spacial score (nSPS) is 10.7. The van der Waals surface area contributed by atoms with Crippen molar-refractivity contribution < 1.29 is 9.53 Å². The van der Waals surface area contributed by atoms with Crippen LogP contribution in [-0.2, 0) is 4.74 Å². The third-order valence-corrected chi connectivity index (χ3v) is 2.95. The lowest BCUT2D eigenvalue weighted by atomic mass is 10.1. The van der Waals surface area contributed by atoms with Crippen LogP contribution in [0, 0.1) is 0 Å². The molecule has 118 valence electrons. The molecular weight excluding hydrogens is 266 g/mol. The predicted molar refractivity (Wildman–Crippen MR) is 86.9 cm³/mol. The van der Waals surface area contributed by atoms with Crippen molar-refractivity contribution >= 4 is 11.6 Å². The summed E-state index contributed by atoms with van der Waals surface area (Å²) in [6.45, 7) is 5.58. The first-order valence-corrected chi connectivity index (χ1v) is 7.48. The number of nitrogens with one attached hydrogen (secondary N) is 2. The zero-order chi connectivity index (χ0) is 15.5. The van der Waals surface area contributed by atoms with E-state index in [2.05, 4.69) is 22.5 Å². The van der Waals surface area contributed by atoms with E-state index in [1.165, 1.54) is 0 Å². The highest BCUT2D eigenvalue weighted by atomic mass is 16.5. The number of carbonyl (C=O) groups is 1. The summed E-state index contributed by atoms with van der Waals surface area (Å²) in [6, 6.07) is 7.57. The summed E-state index contributed by atoms with van der Waals surface area (Å²) < 4.78 is 5.45. The Morgan fingerprint density at radius 3 is 2.67 bits per heavy atom. The van der Waals surface area contributed by atoms with Crippen LogP contribution in [-0.4, -0.2) is 57.8 Å². The van der Waals surface area contributed by atoms with Gasteiger partial charge in [0.1, 0.15) is 0 Å². The van der Waals surface area contributed by atoms with E-state index in [1.807, 2.05) is 38.4 Å². The molecule has 0 saturated carbocycles. The first kappa shape index (κ1) is 17.5. The minimum Gasteiger partial charge on any atom is -0.384 e. The number of para-hydroxylation sites is 1. The summed E-state index contributed by atoms with van der Waals surface area (Å²) in [6.07, 6.45) is 1.02. The van der Waals surface area contributed by atoms with Crippen molar-refractivity contribution in [3.63, 3.8) is 0 Å². The lowest BCUT2D eigenvalue weighted by molar-refractivity contribution is 0.0901. The summed E-state index contributed by atoms with van der Waals surface area (Å²) in [4.78, 5) is 14.2. The molecule has 0 spiro atoms. The molecule has 1 amide bonds. The van der Waals surface area contributed by atoms with Gasteiger partial charge in [-0.05, 0) is 32.6 Å². The van der Waals surface area contributed by atoms with Gasteiger partial charge in [0, 0.05) is 25.3 Å². The first-order chi connectivity index (χ1) is 10.1. The number of rotatable bonds is 10. The van der Waals surface area contributed by atoms with Crippen LogP contribution in [0.2, 0.25) is 0 Å². The largest absolute Gasteiger partial charge is 0.384 e. The summed E-state index contributed by atoms with van der Waals surface area (Å²) in [7, 11) is 4.01. The van der Waals surface area contributed by atoms with Crippen LogP contribution in [0.15, 0.2) is 24.3 Å². The van der Waals surface area contributed by atoms with Crippen molar-refractivity contribution in [1.29, 1.82) is 0 Å². The topological polar surface area (TPSA) is 53.6 Å². The molecule has 21 heavy (non-hydrogen) atoms. The van der Waals surface area contributed by atoms with Gasteiger partial charge in [0.15, 0.2) is 0 Å². The highest BCUT2D eigenvalue weighted by Gasteiger charge is 2.09. The number of benzene rings is 1. The molecule has 0 aliphatic rings. The molecule has 0 aromatic heterocycles. The van der Waals surface area contributed by atoms with E-state index in [1.54, 1.807) is 0 Å². The van der Waals surface area contributed by atoms with E-state index in [0.717, 1.165) is 25.2 Å². The standard InChI is InChI=1S/C16H27N3O2/c1-4-9-17-15-8-6-5-7-14(15)16(20)18-10-12-21-13-11-19(2)3/h5-8,17H,4,9-13H2,1-3H3,(H,18,20). The van der Waals surface area contributed by atoms with E-state index >= 15 is 0 Å². The van der Waals surface area contributed by atoms with Crippen molar-refractivity contribution in [3.8, 4) is 0 Å². The zero-order valence-corrected chi connectivity index (χ0v) is 13.3. The molecule has 1 rings (SSSR count). The number of amides is 1. The van der Waals surface area contributed by atoms with Crippen LogP contribution in [0.1, 0.15) is 23.7 Å². The highest BCUT2D eigenvalue weighted by Crippen LogP contribution is 2.14. The summed E-state index contributed by atoms with van der Waals surface area (Å²) in [5.74, 6) is -0.0644. The molecular formula is C16H27N3O2. The second-order valence-corrected chi connectivity index (χ2v) is 5.14. The number of anilines is 1. The predicted octanol–water partition coefficient (Wildman–Crippen LogP) is 1.82. The van der Waals surface area contributed by atoms with Crippen molar-refractivity contribution in [3.05, 3.63) is 29.8 Å². The Hall–Kier alpha value is -1.59. The van der Waals surface area contributed by atoms with E-state index < -0.39 is 0 Å². The second kappa shape index (κ2) is 10.2. The zero-order valence-electron chi connectivity index (χ0n) is 13.3. The number of nitrogens with zero attached hydrogens (tertiary/aromatic N) is 1. The third kappa shape index (κ3) is 7.11. The van der Waals surface area contributed by atoms with Crippen LogP contribution < -0.4 is 10.6 Å². The lowest BCUT2D eigenvalue weighted by Crippen LogP contribution is -2.29. The molecule has 0 atom stereocenters. The molecule has 0 heterocycles. The van der Waals surface area contributed by atoms with Gasteiger partial charge in [-0.2, -0.15) is 0 Å². The molecule has 1 aromatic rings. The van der Waals surface area contributed by atoms with Gasteiger partial charge in [0.25, 0.3) is 5.91 Å². The SMILES string of the molecule is CCCNc1ccccc1C(=O)NCCOCCN(C)C. The van der Waals surface area contributed by atoms with Crippen molar-refractivity contribution in [2.24, 2.45) is 0 Å². The Labute approximate surface area is 127 Å². The van der Waals surface area contributed by atoms with Gasteiger partial charge in [-0.1, -0.05) is 19.1 Å². The minimum absolute atomic E-state index is 0.0644. The molecule has 0 radical (unpaired) electrons. The van der Waals surface area contributed by atoms with Gasteiger partial charge in [0.2, 0.25) is 0 Å². The van der Waals surface area contributed by atoms with Gasteiger partial charge >= 0.3 is 0 Å². The summed E-state index contributed by atoms with van der Waals surface area (Å²) in [5.41, 5.74) is 1.56. The fourth-order valence-electron chi connectivity index (χ4n) is 1.78. The van der Waals surface area contributed by atoms with E-state index in [0.29, 0.717) is 25.3 Å². The Balaban J connectivity index is 2.34. The molecule has 1 aromatic carbocycles. The molecule has 0 fully saturated rings. The van der Waals surface area contributed by atoms with Crippen molar-refractivity contribution in [2.75, 3.05) is 52.3 Å². The summed E-state index contributed by atoms with van der Waals surface area (Å²) in [5, 5.41) is 6.16. The Morgan fingerprint density at radius 1 is 1.19 bits per heavy atom. The lowest BCUT2D eigenvalue weighted by Gasteiger charge is -2.12. The van der Waals surface area contributed by atoms with Crippen LogP contribution in [0.5, 0.6) is 0 Å². The average molecular weight is 293 g/mol. The van der Waals surface area contributed by atoms with Crippen molar-refractivity contribution in [2.45, 2.75) is 13.3 Å². The molecule has 0 aliphatic heterocycles. The van der Waals surface area contributed by atoms with E-state index in [9.17, 15) is 4.79 Å². The van der Waals surface area contributed by atoms with E-state index in [-0.39, 0.29) is 5.91 Å². The van der Waals surface area contributed by atoms with Gasteiger partial charge in [-0.25, -0.2) is 0 Å². The molecule has 5 nitrogen and oxygen atoms in total. The summed E-state index contributed by atoms with van der Waals surface area (Å²) >= 11 is 0. The van der Waals surface area contributed by atoms with Crippen LogP contribution in [0.3, 0.4) is 0 Å². The minimum atomic E-state index is -0.0644. The smallest absolute Gasteiger partial charge is 0.253 e. The maximum atomic E-state index is 12.2. The first-order valence-electron chi connectivity index (χ1n) is 7.48. The van der Waals surface area contributed by atoms with Gasteiger partial charge < -0.3 is 20.3 Å². The van der Waals surface area contributed by atoms with Gasteiger partial charge in [-0.3, -0.25) is 4.79 Å². The molecule has 0 bridgehead atoms. The Bertz CT molecular complexity index is 422. The maximum Gasteiger partial charge on any atom is 0.253 e. The molecule has 0 unspecified atom stereocenters. The number of hydrogen-bond acceptors (Lipinski definition) is 4. The monoisotopic (exact) mass is 293 g/mol. The van der Waals surface area contributed by atoms with Gasteiger partial charge in [-0.15, -0.1) is 0 Å². The fraction of sp³-hybridized carbons (Fsp3) is 0.562. The van der Waals surface area contributed by atoms with Crippen LogP contribution in [0.4, 0.5) is 5.69 Å². The van der Waals surface area contributed by atoms with Gasteiger partial charge in [0.05, 0.1) is 18.8 Å². The Morgan fingerprint density at radius 2 is 1.95 bits per heavy atom. The quantitative estimate of drug-likeness (QED) is 0.646. The average Bonchev–Trinajstić information content (AvgIpc) is 2.48. The Kier molecular flexibility index (Phi) is 8.47.